The van der Waals surface area contributed by atoms with Gasteiger partial charge in [-0.3, -0.25) is 9.59 Å². The van der Waals surface area contributed by atoms with E-state index in [-0.39, 0.29) is 17.9 Å². The lowest BCUT2D eigenvalue weighted by atomic mass is 10.1. The molecule has 0 aromatic carbocycles. The first-order chi connectivity index (χ1) is 9.75. The molecular formula is C15H20N2O2S. The first kappa shape index (κ1) is 13.6. The molecule has 1 aromatic rings. The monoisotopic (exact) mass is 292 g/mol. The van der Waals surface area contributed by atoms with Gasteiger partial charge in [0.15, 0.2) is 0 Å². The molecule has 0 bridgehead atoms. The average Bonchev–Trinajstić information content (AvgIpc) is 3.17. The summed E-state index contributed by atoms with van der Waals surface area (Å²) in [4.78, 5) is 27.4. The Kier molecular flexibility index (Phi) is 4.05. The minimum absolute atomic E-state index is 0.0103. The Morgan fingerprint density at radius 1 is 1.35 bits per heavy atom. The standard InChI is InChI=1S/C15H20N2O2S/c18-14-8-7-13(17(14)11-4-1-2-5-11)15(19)16-10-12-6-3-9-20-12/h3,6,9,11,13H,1-2,4-5,7-8,10H2,(H,16,19). The van der Waals surface area contributed by atoms with Crippen LogP contribution in [0.5, 0.6) is 0 Å². The zero-order valence-electron chi connectivity index (χ0n) is 11.5. The second-order valence-electron chi connectivity index (χ2n) is 5.59. The van der Waals surface area contributed by atoms with Gasteiger partial charge in [0.2, 0.25) is 11.8 Å². The maximum absolute atomic E-state index is 12.4. The Morgan fingerprint density at radius 3 is 2.85 bits per heavy atom. The van der Waals surface area contributed by atoms with Crippen molar-refractivity contribution in [3.8, 4) is 0 Å². The third-order valence-electron chi connectivity index (χ3n) is 4.29. The van der Waals surface area contributed by atoms with Gasteiger partial charge in [0, 0.05) is 17.3 Å². The minimum atomic E-state index is -0.245. The number of hydrogen-bond acceptors (Lipinski definition) is 3. The fraction of sp³-hybridized carbons (Fsp3) is 0.600. The number of rotatable bonds is 4. The molecular weight excluding hydrogens is 272 g/mol. The number of likely N-dealkylation sites (tertiary alicyclic amines) is 1. The number of hydrogen-bond donors (Lipinski definition) is 1. The lowest BCUT2D eigenvalue weighted by molar-refractivity contribution is -0.137. The molecule has 2 heterocycles. The molecule has 1 atom stereocenters. The maximum atomic E-state index is 12.4. The molecule has 3 rings (SSSR count). The molecule has 4 nitrogen and oxygen atoms in total. The van der Waals surface area contributed by atoms with Gasteiger partial charge in [0.25, 0.3) is 0 Å². The van der Waals surface area contributed by atoms with Crippen LogP contribution in [-0.2, 0) is 16.1 Å². The molecule has 2 amide bonds. The summed E-state index contributed by atoms with van der Waals surface area (Å²) in [6, 6.07) is 4.04. The second kappa shape index (κ2) is 5.95. The summed E-state index contributed by atoms with van der Waals surface area (Å²) < 4.78 is 0. The molecule has 1 N–H and O–H groups in total. The molecule has 1 aromatic heterocycles. The third kappa shape index (κ3) is 2.73. The number of nitrogens with one attached hydrogen (secondary N) is 1. The van der Waals surface area contributed by atoms with E-state index in [1.54, 1.807) is 11.3 Å². The van der Waals surface area contributed by atoms with Crippen LogP contribution in [0.2, 0.25) is 0 Å². The lowest BCUT2D eigenvalue weighted by Gasteiger charge is -2.29. The van der Waals surface area contributed by atoms with Crippen molar-refractivity contribution in [2.75, 3.05) is 0 Å². The number of amides is 2. The van der Waals surface area contributed by atoms with Gasteiger partial charge in [-0.05, 0) is 30.7 Å². The van der Waals surface area contributed by atoms with Crippen LogP contribution in [0.3, 0.4) is 0 Å². The highest BCUT2D eigenvalue weighted by atomic mass is 32.1. The van der Waals surface area contributed by atoms with E-state index in [0.717, 1.165) is 17.7 Å². The number of thiophene rings is 1. The van der Waals surface area contributed by atoms with Crippen LogP contribution in [0, 0.1) is 0 Å². The van der Waals surface area contributed by atoms with Gasteiger partial charge >= 0.3 is 0 Å². The number of carbonyl (C=O) groups excluding carboxylic acids is 2. The van der Waals surface area contributed by atoms with Crippen LogP contribution in [-0.4, -0.2) is 28.8 Å². The zero-order chi connectivity index (χ0) is 13.9. The smallest absolute Gasteiger partial charge is 0.243 e. The van der Waals surface area contributed by atoms with E-state index in [4.69, 9.17) is 0 Å². The van der Waals surface area contributed by atoms with Crippen LogP contribution in [0.25, 0.3) is 0 Å². The van der Waals surface area contributed by atoms with Crippen molar-refractivity contribution in [1.82, 2.24) is 10.2 Å². The summed E-state index contributed by atoms with van der Waals surface area (Å²) in [7, 11) is 0. The van der Waals surface area contributed by atoms with Crippen molar-refractivity contribution in [3.63, 3.8) is 0 Å². The summed E-state index contributed by atoms with van der Waals surface area (Å²) in [5.74, 6) is 0.171. The highest BCUT2D eigenvalue weighted by Gasteiger charge is 2.40. The Morgan fingerprint density at radius 2 is 2.15 bits per heavy atom. The zero-order valence-corrected chi connectivity index (χ0v) is 12.3. The fourth-order valence-electron chi connectivity index (χ4n) is 3.31. The van der Waals surface area contributed by atoms with E-state index in [2.05, 4.69) is 5.32 Å². The molecule has 2 aliphatic rings. The number of carbonyl (C=O) groups is 2. The molecule has 0 radical (unpaired) electrons. The van der Waals surface area contributed by atoms with Gasteiger partial charge in [-0.25, -0.2) is 0 Å². The predicted molar refractivity (Wildman–Crippen MR) is 78.3 cm³/mol. The van der Waals surface area contributed by atoms with E-state index in [1.165, 1.54) is 12.8 Å². The van der Waals surface area contributed by atoms with E-state index < -0.39 is 0 Å². The Labute approximate surface area is 123 Å². The number of nitrogens with zero attached hydrogens (tertiary/aromatic N) is 1. The van der Waals surface area contributed by atoms with Crippen molar-refractivity contribution < 1.29 is 9.59 Å². The molecule has 5 heteroatoms. The molecule has 108 valence electrons. The molecule has 2 fully saturated rings. The summed E-state index contributed by atoms with van der Waals surface area (Å²) in [5, 5.41) is 4.98. The van der Waals surface area contributed by atoms with E-state index in [0.29, 0.717) is 25.4 Å². The SMILES string of the molecule is O=C(NCc1cccs1)C1CCC(=O)N1C1CCCC1. The summed E-state index contributed by atoms with van der Waals surface area (Å²) in [6.45, 7) is 0.569. The average molecular weight is 292 g/mol. The molecule has 1 saturated heterocycles. The summed E-state index contributed by atoms with van der Waals surface area (Å²) in [5.41, 5.74) is 0. The quantitative estimate of drug-likeness (QED) is 0.925. The van der Waals surface area contributed by atoms with Crippen LogP contribution in [0.1, 0.15) is 43.4 Å². The minimum Gasteiger partial charge on any atom is -0.349 e. The normalized spacial score (nSPS) is 23.5. The molecule has 1 aliphatic carbocycles. The van der Waals surface area contributed by atoms with Crippen molar-refractivity contribution in [2.24, 2.45) is 0 Å². The van der Waals surface area contributed by atoms with Crippen molar-refractivity contribution in [2.45, 2.75) is 57.2 Å². The van der Waals surface area contributed by atoms with Crippen molar-refractivity contribution in [1.29, 1.82) is 0 Å². The van der Waals surface area contributed by atoms with Crippen molar-refractivity contribution in [3.05, 3.63) is 22.4 Å². The van der Waals surface area contributed by atoms with E-state index in [9.17, 15) is 9.59 Å². The largest absolute Gasteiger partial charge is 0.349 e. The van der Waals surface area contributed by atoms with Crippen LogP contribution >= 0.6 is 11.3 Å². The first-order valence-corrected chi connectivity index (χ1v) is 8.25. The molecule has 1 saturated carbocycles. The fourth-order valence-corrected chi connectivity index (χ4v) is 3.95. The van der Waals surface area contributed by atoms with Gasteiger partial charge in [0.1, 0.15) is 6.04 Å². The van der Waals surface area contributed by atoms with Gasteiger partial charge in [0.05, 0.1) is 6.54 Å². The topological polar surface area (TPSA) is 49.4 Å². The van der Waals surface area contributed by atoms with Gasteiger partial charge in [-0.15, -0.1) is 11.3 Å². The second-order valence-corrected chi connectivity index (χ2v) is 6.62. The van der Waals surface area contributed by atoms with Crippen LogP contribution in [0.4, 0.5) is 0 Å². The van der Waals surface area contributed by atoms with Gasteiger partial charge in [-0.1, -0.05) is 18.9 Å². The molecule has 0 spiro atoms. The molecule has 1 unspecified atom stereocenters. The predicted octanol–water partition coefficient (Wildman–Crippen LogP) is 2.30. The lowest BCUT2D eigenvalue weighted by Crippen LogP contribution is -2.48. The van der Waals surface area contributed by atoms with Crippen LogP contribution in [0.15, 0.2) is 17.5 Å². The first-order valence-electron chi connectivity index (χ1n) is 7.37. The Balaban J connectivity index is 1.62. The summed E-state index contributed by atoms with van der Waals surface area (Å²) in [6.07, 6.45) is 5.66. The van der Waals surface area contributed by atoms with Crippen molar-refractivity contribution >= 4 is 23.2 Å². The van der Waals surface area contributed by atoms with E-state index in [1.807, 2.05) is 22.4 Å². The Bertz CT molecular complexity index is 480. The Hall–Kier alpha value is -1.36. The van der Waals surface area contributed by atoms with Crippen LogP contribution < -0.4 is 5.32 Å². The maximum Gasteiger partial charge on any atom is 0.243 e. The molecule has 20 heavy (non-hydrogen) atoms. The highest BCUT2D eigenvalue weighted by Crippen LogP contribution is 2.31. The van der Waals surface area contributed by atoms with E-state index >= 15 is 0 Å². The summed E-state index contributed by atoms with van der Waals surface area (Å²) >= 11 is 1.64. The molecule has 1 aliphatic heterocycles. The van der Waals surface area contributed by atoms with Gasteiger partial charge < -0.3 is 10.2 Å². The third-order valence-corrected chi connectivity index (χ3v) is 5.17. The van der Waals surface area contributed by atoms with Gasteiger partial charge in [-0.2, -0.15) is 0 Å². The highest BCUT2D eigenvalue weighted by molar-refractivity contribution is 7.09.